The van der Waals surface area contributed by atoms with Crippen molar-refractivity contribution < 1.29 is 19.0 Å². The summed E-state index contributed by atoms with van der Waals surface area (Å²) in [4.78, 5) is 15.2. The molecule has 5 heteroatoms. The number of rotatable bonds is 4. The molecule has 0 spiro atoms. The molecule has 2 fully saturated rings. The van der Waals surface area contributed by atoms with Crippen molar-refractivity contribution in [1.29, 1.82) is 0 Å². The number of ether oxygens (including phenoxy) is 3. The lowest BCUT2D eigenvalue weighted by Gasteiger charge is -2.34. The number of morpholine rings is 1. The molecule has 0 N–H and O–H groups in total. The van der Waals surface area contributed by atoms with E-state index >= 15 is 0 Å². The van der Waals surface area contributed by atoms with Crippen LogP contribution in [0.15, 0.2) is 18.2 Å². The molecule has 5 nitrogen and oxygen atoms in total. The second-order valence-electron chi connectivity index (χ2n) is 5.51. The average molecular weight is 291 g/mol. The molecular weight excluding hydrogens is 270 g/mol. The Morgan fingerprint density at radius 1 is 1.29 bits per heavy atom. The molecule has 2 aliphatic heterocycles. The Kier molecular flexibility index (Phi) is 4.12. The fourth-order valence-corrected chi connectivity index (χ4v) is 3.23. The summed E-state index contributed by atoms with van der Waals surface area (Å²) in [5.74, 6) is 1.01. The van der Waals surface area contributed by atoms with Gasteiger partial charge in [0.05, 0.1) is 20.8 Å². The number of hydrogen-bond acceptors (Lipinski definition) is 5. The molecule has 2 aliphatic rings. The van der Waals surface area contributed by atoms with Gasteiger partial charge in [0.15, 0.2) is 5.78 Å². The molecule has 0 aromatic heterocycles. The summed E-state index contributed by atoms with van der Waals surface area (Å²) < 4.78 is 16.4. The van der Waals surface area contributed by atoms with Crippen LogP contribution in [-0.2, 0) is 4.74 Å². The van der Waals surface area contributed by atoms with Crippen LogP contribution < -0.4 is 9.47 Å². The minimum atomic E-state index is -0.440. The molecule has 0 amide bonds. The minimum absolute atomic E-state index is 0.0605. The molecule has 0 bridgehead atoms. The van der Waals surface area contributed by atoms with Gasteiger partial charge in [0.1, 0.15) is 23.2 Å². The van der Waals surface area contributed by atoms with E-state index in [0.717, 1.165) is 6.54 Å². The Bertz CT molecular complexity index is 509. The number of benzene rings is 1. The Labute approximate surface area is 124 Å². The highest BCUT2D eigenvalue weighted by Gasteiger charge is 2.37. The van der Waals surface area contributed by atoms with Gasteiger partial charge in [0.25, 0.3) is 0 Å². The first-order chi connectivity index (χ1) is 10.2. The molecule has 2 unspecified atom stereocenters. The van der Waals surface area contributed by atoms with Crippen molar-refractivity contribution in [2.24, 2.45) is 0 Å². The number of fused-ring (bicyclic) bond motifs is 1. The topological polar surface area (TPSA) is 48.0 Å². The van der Waals surface area contributed by atoms with Gasteiger partial charge in [-0.15, -0.1) is 0 Å². The molecule has 114 valence electrons. The van der Waals surface area contributed by atoms with Crippen molar-refractivity contribution in [1.82, 2.24) is 4.90 Å². The minimum Gasteiger partial charge on any atom is -0.496 e. The second kappa shape index (κ2) is 6.03. The van der Waals surface area contributed by atoms with E-state index in [0.29, 0.717) is 36.3 Å². The fourth-order valence-electron chi connectivity index (χ4n) is 3.23. The summed E-state index contributed by atoms with van der Waals surface area (Å²) in [6, 6.07) is 5.84. The smallest absolute Gasteiger partial charge is 0.200 e. The lowest BCUT2D eigenvalue weighted by molar-refractivity contribution is -0.0346. The highest BCUT2D eigenvalue weighted by Crippen LogP contribution is 2.32. The van der Waals surface area contributed by atoms with Gasteiger partial charge >= 0.3 is 0 Å². The third-order valence-electron chi connectivity index (χ3n) is 4.36. The van der Waals surface area contributed by atoms with Gasteiger partial charge in [-0.05, 0) is 31.5 Å². The van der Waals surface area contributed by atoms with Crippen LogP contribution in [0.2, 0.25) is 0 Å². The maximum absolute atomic E-state index is 12.8. The van der Waals surface area contributed by atoms with Crippen molar-refractivity contribution in [3.8, 4) is 11.5 Å². The maximum atomic E-state index is 12.8. The van der Waals surface area contributed by atoms with Gasteiger partial charge in [0, 0.05) is 12.6 Å². The monoisotopic (exact) mass is 291 g/mol. The van der Waals surface area contributed by atoms with Crippen LogP contribution in [0.25, 0.3) is 0 Å². The summed E-state index contributed by atoms with van der Waals surface area (Å²) in [5, 5.41) is 0. The van der Waals surface area contributed by atoms with E-state index in [2.05, 4.69) is 4.90 Å². The van der Waals surface area contributed by atoms with Crippen LogP contribution >= 0.6 is 0 Å². The quantitative estimate of drug-likeness (QED) is 0.791. The first kappa shape index (κ1) is 14.4. The normalized spacial score (nSPS) is 25.4. The highest BCUT2D eigenvalue weighted by molar-refractivity contribution is 6.04. The summed E-state index contributed by atoms with van der Waals surface area (Å²) in [6.45, 7) is 2.35. The van der Waals surface area contributed by atoms with E-state index in [9.17, 15) is 4.79 Å². The predicted octanol–water partition coefficient (Wildman–Crippen LogP) is 1.75. The van der Waals surface area contributed by atoms with Gasteiger partial charge in [-0.25, -0.2) is 0 Å². The molecule has 2 saturated heterocycles. The third-order valence-corrected chi connectivity index (χ3v) is 4.36. The zero-order chi connectivity index (χ0) is 14.8. The predicted molar refractivity (Wildman–Crippen MR) is 78.2 cm³/mol. The standard InChI is InChI=1S/C16H21NO4/c1-19-12-6-3-7-13(20-2)15(12)16(18)14-9-17-8-4-5-11(17)10-21-14/h3,6-7,11,14H,4-5,8-10H2,1-2H3. The number of nitrogens with zero attached hydrogens (tertiary/aromatic N) is 1. The highest BCUT2D eigenvalue weighted by atomic mass is 16.5. The van der Waals surface area contributed by atoms with E-state index in [1.54, 1.807) is 26.4 Å². The molecule has 1 aromatic rings. The van der Waals surface area contributed by atoms with Crippen molar-refractivity contribution >= 4 is 5.78 Å². The molecule has 21 heavy (non-hydrogen) atoms. The summed E-state index contributed by atoms with van der Waals surface area (Å²) in [5.41, 5.74) is 0.477. The number of hydrogen-bond donors (Lipinski definition) is 0. The number of ketones is 1. The maximum Gasteiger partial charge on any atom is 0.200 e. The van der Waals surface area contributed by atoms with Gasteiger partial charge in [-0.1, -0.05) is 6.07 Å². The van der Waals surface area contributed by atoms with Crippen LogP contribution in [-0.4, -0.2) is 56.7 Å². The molecule has 2 heterocycles. The Balaban J connectivity index is 1.85. The number of methoxy groups -OCH3 is 2. The van der Waals surface area contributed by atoms with Crippen molar-refractivity contribution in [2.75, 3.05) is 33.9 Å². The van der Waals surface area contributed by atoms with Crippen molar-refractivity contribution in [2.45, 2.75) is 25.0 Å². The SMILES string of the molecule is COc1cccc(OC)c1C(=O)C1CN2CCCC2CO1. The summed E-state index contributed by atoms with van der Waals surface area (Å²) >= 11 is 0. The molecule has 1 aromatic carbocycles. The largest absolute Gasteiger partial charge is 0.496 e. The van der Waals surface area contributed by atoms with Gasteiger partial charge in [-0.2, -0.15) is 0 Å². The molecule has 0 radical (unpaired) electrons. The molecular formula is C16H21NO4. The Morgan fingerprint density at radius 3 is 2.67 bits per heavy atom. The number of Topliss-reactive ketones (excluding diaryl/α,β-unsaturated/α-hetero) is 1. The zero-order valence-corrected chi connectivity index (χ0v) is 12.5. The van der Waals surface area contributed by atoms with Crippen LogP contribution in [0, 0.1) is 0 Å². The summed E-state index contributed by atoms with van der Waals surface area (Å²) in [7, 11) is 3.12. The molecule has 2 atom stereocenters. The zero-order valence-electron chi connectivity index (χ0n) is 12.5. The number of carbonyl (C=O) groups is 1. The van der Waals surface area contributed by atoms with Crippen LogP contribution in [0.4, 0.5) is 0 Å². The number of carbonyl (C=O) groups excluding carboxylic acids is 1. The van der Waals surface area contributed by atoms with E-state index in [-0.39, 0.29) is 5.78 Å². The lowest BCUT2D eigenvalue weighted by atomic mass is 10.0. The Morgan fingerprint density at radius 2 is 2.00 bits per heavy atom. The van der Waals surface area contributed by atoms with Crippen molar-refractivity contribution in [3.63, 3.8) is 0 Å². The van der Waals surface area contributed by atoms with Crippen LogP contribution in [0.5, 0.6) is 11.5 Å². The fraction of sp³-hybridized carbons (Fsp3) is 0.562. The molecule has 3 rings (SSSR count). The average Bonchev–Trinajstić information content (AvgIpc) is 3.00. The van der Waals surface area contributed by atoms with Gasteiger partial charge in [0.2, 0.25) is 0 Å². The Hall–Kier alpha value is -1.59. The first-order valence-corrected chi connectivity index (χ1v) is 7.35. The summed E-state index contributed by atoms with van der Waals surface area (Å²) in [6.07, 6.45) is 1.91. The van der Waals surface area contributed by atoms with Crippen molar-refractivity contribution in [3.05, 3.63) is 23.8 Å². The van der Waals surface area contributed by atoms with E-state index < -0.39 is 6.10 Å². The van der Waals surface area contributed by atoms with E-state index in [4.69, 9.17) is 14.2 Å². The van der Waals surface area contributed by atoms with Crippen LogP contribution in [0.3, 0.4) is 0 Å². The van der Waals surface area contributed by atoms with Gasteiger partial charge in [-0.3, -0.25) is 9.69 Å². The second-order valence-corrected chi connectivity index (χ2v) is 5.51. The van der Waals surface area contributed by atoms with Gasteiger partial charge < -0.3 is 14.2 Å². The third kappa shape index (κ3) is 2.63. The lowest BCUT2D eigenvalue weighted by Crippen LogP contribution is -2.49. The first-order valence-electron chi connectivity index (χ1n) is 7.35. The molecule has 0 saturated carbocycles. The van der Waals surface area contributed by atoms with E-state index in [1.165, 1.54) is 12.8 Å². The van der Waals surface area contributed by atoms with E-state index in [1.807, 2.05) is 6.07 Å². The molecule has 0 aliphatic carbocycles. The van der Waals surface area contributed by atoms with Crippen LogP contribution in [0.1, 0.15) is 23.2 Å².